The van der Waals surface area contributed by atoms with Gasteiger partial charge in [-0.25, -0.2) is 0 Å². The summed E-state index contributed by atoms with van der Waals surface area (Å²) in [6.07, 6.45) is 11.6. The van der Waals surface area contributed by atoms with Gasteiger partial charge in [-0.3, -0.25) is 0 Å². The molecule has 2 aliphatic rings. The second-order valence-corrected chi connectivity index (χ2v) is 6.48. The largest absolute Gasteiger partial charge is 0.389 e. The summed E-state index contributed by atoms with van der Waals surface area (Å²) in [6, 6.07) is 0. The Morgan fingerprint density at radius 1 is 1.00 bits per heavy atom. The second kappa shape index (κ2) is 5.58. The fourth-order valence-electron chi connectivity index (χ4n) is 2.95. The van der Waals surface area contributed by atoms with Crippen LogP contribution in [0.2, 0.25) is 0 Å². The van der Waals surface area contributed by atoms with Crippen molar-refractivity contribution in [3.05, 3.63) is 0 Å². The number of aliphatic hydroxyl groups is 1. The van der Waals surface area contributed by atoms with Gasteiger partial charge in [-0.1, -0.05) is 32.1 Å². The molecular weight excluding hydrogens is 204 g/mol. The molecule has 0 bridgehead atoms. The third-order valence-electron chi connectivity index (χ3n) is 3.98. The van der Waals surface area contributed by atoms with Crippen molar-refractivity contribution in [1.29, 1.82) is 0 Å². The summed E-state index contributed by atoms with van der Waals surface area (Å²) in [5, 5.41) is 10.3. The maximum atomic E-state index is 10.3. The maximum absolute atomic E-state index is 10.3. The highest BCUT2D eigenvalue weighted by molar-refractivity contribution is 7.99. The molecule has 1 N–H and O–H groups in total. The van der Waals surface area contributed by atoms with E-state index < -0.39 is 0 Å². The zero-order valence-electron chi connectivity index (χ0n) is 9.71. The quantitative estimate of drug-likeness (QED) is 0.793. The molecular formula is C13H24OS. The lowest BCUT2D eigenvalue weighted by Gasteiger charge is -2.32. The standard InChI is InChI=1S/C13H24OS/c14-13(8-4-1-5-9-13)11-15-10-12-6-2-3-7-12/h12,14H,1-11H2. The molecule has 1 nitrogen and oxygen atoms in total. The monoisotopic (exact) mass is 228 g/mol. The third-order valence-corrected chi connectivity index (χ3v) is 5.43. The van der Waals surface area contributed by atoms with Crippen LogP contribution in [0.5, 0.6) is 0 Å². The van der Waals surface area contributed by atoms with Crippen LogP contribution < -0.4 is 0 Å². The van der Waals surface area contributed by atoms with Crippen LogP contribution in [-0.2, 0) is 0 Å². The van der Waals surface area contributed by atoms with Crippen LogP contribution in [0.4, 0.5) is 0 Å². The van der Waals surface area contributed by atoms with Crippen LogP contribution in [0.1, 0.15) is 57.8 Å². The molecule has 0 spiro atoms. The number of thioether (sulfide) groups is 1. The van der Waals surface area contributed by atoms with Gasteiger partial charge in [-0.15, -0.1) is 0 Å². The molecule has 0 aromatic carbocycles. The normalized spacial score (nSPS) is 27.0. The van der Waals surface area contributed by atoms with Crippen molar-refractivity contribution in [3.63, 3.8) is 0 Å². The minimum absolute atomic E-state index is 0.304. The lowest BCUT2D eigenvalue weighted by molar-refractivity contribution is 0.0272. The Morgan fingerprint density at radius 3 is 2.33 bits per heavy atom. The molecule has 0 heterocycles. The minimum Gasteiger partial charge on any atom is -0.389 e. The van der Waals surface area contributed by atoms with Gasteiger partial charge < -0.3 is 5.11 Å². The highest BCUT2D eigenvalue weighted by atomic mass is 32.2. The molecule has 2 rings (SSSR count). The van der Waals surface area contributed by atoms with Crippen LogP contribution in [0.15, 0.2) is 0 Å². The van der Waals surface area contributed by atoms with Crippen LogP contribution >= 0.6 is 11.8 Å². The Balaban J connectivity index is 1.63. The van der Waals surface area contributed by atoms with Gasteiger partial charge >= 0.3 is 0 Å². The average Bonchev–Trinajstić information content (AvgIpc) is 2.71. The summed E-state index contributed by atoms with van der Waals surface area (Å²) >= 11 is 2.01. The molecule has 2 fully saturated rings. The molecule has 2 aliphatic carbocycles. The van der Waals surface area contributed by atoms with Crippen LogP contribution in [-0.4, -0.2) is 22.2 Å². The van der Waals surface area contributed by atoms with E-state index >= 15 is 0 Å². The Morgan fingerprint density at radius 2 is 1.67 bits per heavy atom. The zero-order chi connectivity index (χ0) is 10.6. The summed E-state index contributed by atoms with van der Waals surface area (Å²) in [5.41, 5.74) is -0.304. The van der Waals surface area contributed by atoms with Crippen molar-refractivity contribution in [2.24, 2.45) is 5.92 Å². The Labute approximate surface area is 98.0 Å². The summed E-state index contributed by atoms with van der Waals surface area (Å²) in [7, 11) is 0. The number of hydrogen-bond donors (Lipinski definition) is 1. The van der Waals surface area contributed by atoms with E-state index in [1.807, 2.05) is 11.8 Å². The molecule has 15 heavy (non-hydrogen) atoms. The first-order valence-electron chi connectivity index (χ1n) is 6.59. The van der Waals surface area contributed by atoms with Crippen molar-refractivity contribution in [2.75, 3.05) is 11.5 Å². The summed E-state index contributed by atoms with van der Waals surface area (Å²) in [4.78, 5) is 0. The zero-order valence-corrected chi connectivity index (χ0v) is 10.5. The molecule has 0 aliphatic heterocycles. The van der Waals surface area contributed by atoms with Gasteiger partial charge in [0.2, 0.25) is 0 Å². The summed E-state index contributed by atoms with van der Waals surface area (Å²) in [5.74, 6) is 3.24. The molecule has 0 radical (unpaired) electrons. The molecule has 2 saturated carbocycles. The Hall–Kier alpha value is 0.310. The van der Waals surface area contributed by atoms with Gasteiger partial charge in [-0.05, 0) is 37.4 Å². The first-order chi connectivity index (χ1) is 7.29. The lowest BCUT2D eigenvalue weighted by Crippen LogP contribution is -2.34. The van der Waals surface area contributed by atoms with Crippen molar-refractivity contribution in [2.45, 2.75) is 63.4 Å². The van der Waals surface area contributed by atoms with E-state index in [0.29, 0.717) is 0 Å². The van der Waals surface area contributed by atoms with Crippen molar-refractivity contribution in [1.82, 2.24) is 0 Å². The van der Waals surface area contributed by atoms with Crippen LogP contribution in [0, 0.1) is 5.92 Å². The molecule has 88 valence electrons. The summed E-state index contributed by atoms with van der Waals surface area (Å²) in [6.45, 7) is 0. The van der Waals surface area contributed by atoms with E-state index in [0.717, 1.165) is 24.5 Å². The molecule has 0 atom stereocenters. The second-order valence-electron chi connectivity index (χ2n) is 5.45. The van der Waals surface area contributed by atoms with Crippen molar-refractivity contribution >= 4 is 11.8 Å². The first-order valence-corrected chi connectivity index (χ1v) is 7.74. The summed E-state index contributed by atoms with van der Waals surface area (Å²) < 4.78 is 0. The highest BCUT2D eigenvalue weighted by Crippen LogP contribution is 2.33. The average molecular weight is 228 g/mol. The van der Waals surface area contributed by atoms with E-state index in [9.17, 15) is 5.11 Å². The molecule has 2 heteroatoms. The fraction of sp³-hybridized carbons (Fsp3) is 1.00. The van der Waals surface area contributed by atoms with Crippen molar-refractivity contribution < 1.29 is 5.11 Å². The first kappa shape index (κ1) is 11.8. The third kappa shape index (κ3) is 3.67. The van der Waals surface area contributed by atoms with Gasteiger partial charge in [0.15, 0.2) is 0 Å². The number of rotatable bonds is 4. The van der Waals surface area contributed by atoms with Crippen molar-refractivity contribution in [3.8, 4) is 0 Å². The van der Waals surface area contributed by atoms with Gasteiger partial charge in [-0.2, -0.15) is 11.8 Å². The Kier molecular flexibility index (Phi) is 4.39. The Bertz CT molecular complexity index is 181. The SMILES string of the molecule is OC1(CSCC2CCCC2)CCCCC1. The van der Waals surface area contributed by atoms with Gasteiger partial charge in [0.25, 0.3) is 0 Å². The van der Waals surface area contributed by atoms with Gasteiger partial charge in [0.05, 0.1) is 5.60 Å². The van der Waals surface area contributed by atoms with Crippen LogP contribution in [0.3, 0.4) is 0 Å². The maximum Gasteiger partial charge on any atom is 0.0737 e. The molecule has 0 unspecified atom stereocenters. The lowest BCUT2D eigenvalue weighted by atomic mass is 9.86. The fourth-order valence-corrected chi connectivity index (χ4v) is 4.40. The molecule has 0 saturated heterocycles. The van der Waals surface area contributed by atoms with E-state index in [4.69, 9.17) is 0 Å². The van der Waals surface area contributed by atoms with E-state index in [2.05, 4.69) is 0 Å². The van der Waals surface area contributed by atoms with E-state index in [-0.39, 0.29) is 5.60 Å². The number of hydrogen-bond acceptors (Lipinski definition) is 2. The highest BCUT2D eigenvalue weighted by Gasteiger charge is 2.29. The molecule has 0 amide bonds. The van der Waals surface area contributed by atoms with E-state index in [1.165, 1.54) is 50.7 Å². The predicted octanol–water partition coefficient (Wildman–Crippen LogP) is 3.61. The van der Waals surface area contributed by atoms with Gasteiger partial charge in [0.1, 0.15) is 0 Å². The van der Waals surface area contributed by atoms with E-state index in [1.54, 1.807) is 0 Å². The molecule has 0 aromatic heterocycles. The molecule has 0 aromatic rings. The van der Waals surface area contributed by atoms with Crippen LogP contribution in [0.25, 0.3) is 0 Å². The minimum atomic E-state index is -0.304. The predicted molar refractivity (Wildman–Crippen MR) is 67.3 cm³/mol. The topological polar surface area (TPSA) is 20.2 Å². The van der Waals surface area contributed by atoms with Gasteiger partial charge in [0, 0.05) is 5.75 Å². The smallest absolute Gasteiger partial charge is 0.0737 e.